The van der Waals surface area contributed by atoms with Gasteiger partial charge in [0.25, 0.3) is 5.69 Å². The van der Waals surface area contributed by atoms with E-state index in [0.717, 1.165) is 0 Å². The number of hydrogen-bond acceptors (Lipinski definition) is 6. The van der Waals surface area contributed by atoms with Crippen molar-refractivity contribution in [1.82, 2.24) is 15.1 Å². The number of thiol groups is 1. The summed E-state index contributed by atoms with van der Waals surface area (Å²) in [4.78, 5) is 38.0. The SMILES string of the molecule is C[C@H]1CN(C[C@@H]2C[C@H](S)CN2C(=O)OCc2ccc([N+](=O)[O-])cc2)C(=O)N1. The number of benzene rings is 1. The van der Waals surface area contributed by atoms with Gasteiger partial charge in [-0.3, -0.25) is 10.1 Å². The summed E-state index contributed by atoms with van der Waals surface area (Å²) < 4.78 is 5.37. The van der Waals surface area contributed by atoms with Crippen molar-refractivity contribution in [1.29, 1.82) is 0 Å². The number of carbonyl (C=O) groups is 2. The molecule has 146 valence electrons. The lowest BCUT2D eigenvalue weighted by molar-refractivity contribution is -0.384. The topological polar surface area (TPSA) is 105 Å². The largest absolute Gasteiger partial charge is 0.445 e. The van der Waals surface area contributed by atoms with Gasteiger partial charge in [-0.25, -0.2) is 9.59 Å². The predicted octanol–water partition coefficient (Wildman–Crippen LogP) is 2.02. The van der Waals surface area contributed by atoms with Crippen molar-refractivity contribution in [2.45, 2.75) is 37.3 Å². The second kappa shape index (κ2) is 8.03. The molecular weight excluding hydrogens is 372 g/mol. The van der Waals surface area contributed by atoms with E-state index in [1.54, 1.807) is 21.9 Å². The van der Waals surface area contributed by atoms with Gasteiger partial charge in [0.2, 0.25) is 0 Å². The van der Waals surface area contributed by atoms with Gasteiger partial charge in [0.05, 0.1) is 11.0 Å². The lowest BCUT2D eigenvalue weighted by atomic mass is 10.2. The second-order valence-electron chi connectivity index (χ2n) is 6.93. The highest BCUT2D eigenvalue weighted by Gasteiger charge is 2.38. The zero-order valence-electron chi connectivity index (χ0n) is 14.9. The molecule has 0 bridgehead atoms. The van der Waals surface area contributed by atoms with Crippen molar-refractivity contribution >= 4 is 30.4 Å². The van der Waals surface area contributed by atoms with Crippen LogP contribution in [0.2, 0.25) is 0 Å². The van der Waals surface area contributed by atoms with Gasteiger partial charge in [-0.2, -0.15) is 12.6 Å². The Labute approximate surface area is 162 Å². The molecule has 2 fully saturated rings. The fourth-order valence-electron chi connectivity index (χ4n) is 3.40. The summed E-state index contributed by atoms with van der Waals surface area (Å²) in [6.07, 6.45) is 0.219. The molecule has 1 aromatic rings. The molecule has 3 atom stereocenters. The van der Waals surface area contributed by atoms with E-state index in [-0.39, 0.29) is 35.7 Å². The molecule has 3 amide bonds. The molecular formula is C17H22N4O5S. The van der Waals surface area contributed by atoms with Crippen molar-refractivity contribution in [2.24, 2.45) is 0 Å². The van der Waals surface area contributed by atoms with Crippen molar-refractivity contribution in [3.8, 4) is 0 Å². The van der Waals surface area contributed by atoms with Gasteiger partial charge in [-0.05, 0) is 31.0 Å². The van der Waals surface area contributed by atoms with Gasteiger partial charge in [0, 0.05) is 43.1 Å². The molecule has 0 spiro atoms. The molecule has 27 heavy (non-hydrogen) atoms. The minimum atomic E-state index is -0.479. The second-order valence-corrected chi connectivity index (χ2v) is 7.66. The quantitative estimate of drug-likeness (QED) is 0.452. The van der Waals surface area contributed by atoms with Crippen LogP contribution in [0.25, 0.3) is 0 Å². The van der Waals surface area contributed by atoms with Crippen molar-refractivity contribution in [3.63, 3.8) is 0 Å². The van der Waals surface area contributed by atoms with Crippen LogP contribution in [0.4, 0.5) is 15.3 Å². The van der Waals surface area contributed by atoms with Crippen molar-refractivity contribution in [3.05, 3.63) is 39.9 Å². The average Bonchev–Trinajstić information content (AvgIpc) is 3.14. The number of likely N-dealkylation sites (tertiary alicyclic amines) is 1. The lowest BCUT2D eigenvalue weighted by Gasteiger charge is -2.27. The summed E-state index contributed by atoms with van der Waals surface area (Å²) in [6, 6.07) is 5.69. The van der Waals surface area contributed by atoms with E-state index in [1.165, 1.54) is 12.1 Å². The fourth-order valence-corrected chi connectivity index (χ4v) is 3.82. The molecule has 2 saturated heterocycles. The van der Waals surface area contributed by atoms with E-state index in [0.29, 0.717) is 31.6 Å². The number of rotatable bonds is 5. The summed E-state index contributed by atoms with van der Waals surface area (Å²) in [5, 5.41) is 13.6. The smallest absolute Gasteiger partial charge is 0.410 e. The monoisotopic (exact) mass is 394 g/mol. The van der Waals surface area contributed by atoms with Crippen LogP contribution in [-0.4, -0.2) is 63.8 Å². The summed E-state index contributed by atoms with van der Waals surface area (Å²) >= 11 is 4.48. The van der Waals surface area contributed by atoms with Gasteiger partial charge in [-0.1, -0.05) is 0 Å². The van der Waals surface area contributed by atoms with Crippen LogP contribution in [0, 0.1) is 10.1 Å². The number of nitrogens with one attached hydrogen (secondary N) is 1. The van der Waals surface area contributed by atoms with E-state index in [2.05, 4.69) is 17.9 Å². The first-order valence-corrected chi connectivity index (χ1v) is 9.25. The molecule has 1 N–H and O–H groups in total. The summed E-state index contributed by atoms with van der Waals surface area (Å²) in [5.74, 6) is 0. The Hall–Kier alpha value is -2.49. The number of nitro benzene ring substituents is 1. The van der Waals surface area contributed by atoms with Crippen LogP contribution in [0.15, 0.2) is 24.3 Å². The molecule has 0 aliphatic carbocycles. The third kappa shape index (κ3) is 4.62. The third-order valence-corrected chi connectivity index (χ3v) is 5.09. The molecule has 0 radical (unpaired) electrons. The molecule has 1 aromatic carbocycles. The standard InChI is InChI=1S/C17H22N4O5S/c1-11-7-19(16(22)18-11)8-14-6-15(27)9-20(14)17(23)26-10-12-2-4-13(5-3-12)21(24)25/h2-5,11,14-15,27H,6-10H2,1H3,(H,18,22)/t11-,14-,15-/m0/s1. The normalized spacial score (nSPS) is 24.8. The predicted molar refractivity (Wildman–Crippen MR) is 101 cm³/mol. The van der Waals surface area contributed by atoms with Gasteiger partial charge in [-0.15, -0.1) is 0 Å². The Balaban J connectivity index is 1.57. The van der Waals surface area contributed by atoms with Crippen LogP contribution in [-0.2, 0) is 11.3 Å². The first-order chi connectivity index (χ1) is 12.8. The van der Waals surface area contributed by atoms with Crippen LogP contribution in [0.5, 0.6) is 0 Å². The molecule has 0 unspecified atom stereocenters. The molecule has 0 aromatic heterocycles. The number of hydrogen-bond donors (Lipinski definition) is 2. The highest BCUT2D eigenvalue weighted by atomic mass is 32.1. The van der Waals surface area contributed by atoms with E-state index in [4.69, 9.17) is 4.74 Å². The van der Waals surface area contributed by atoms with Crippen molar-refractivity contribution < 1.29 is 19.2 Å². The molecule has 2 aliphatic rings. The van der Waals surface area contributed by atoms with Gasteiger partial charge >= 0.3 is 12.1 Å². The highest BCUT2D eigenvalue weighted by Crippen LogP contribution is 2.25. The molecule has 10 heteroatoms. The highest BCUT2D eigenvalue weighted by molar-refractivity contribution is 7.81. The third-order valence-electron chi connectivity index (χ3n) is 4.72. The van der Waals surface area contributed by atoms with E-state index >= 15 is 0 Å². The minimum absolute atomic E-state index is 0.0132. The van der Waals surface area contributed by atoms with Gasteiger partial charge < -0.3 is 19.9 Å². The summed E-state index contributed by atoms with van der Waals surface area (Å²) in [6.45, 7) is 3.47. The van der Waals surface area contributed by atoms with Crippen LogP contribution >= 0.6 is 12.6 Å². The Morgan fingerprint density at radius 3 is 2.67 bits per heavy atom. The Morgan fingerprint density at radius 2 is 2.07 bits per heavy atom. The number of non-ortho nitro benzene ring substituents is 1. The maximum atomic E-state index is 12.5. The molecule has 9 nitrogen and oxygen atoms in total. The number of nitro groups is 1. The molecule has 3 rings (SSSR count). The zero-order chi connectivity index (χ0) is 19.6. The number of carbonyl (C=O) groups excluding carboxylic acids is 2. The molecule has 2 heterocycles. The van der Waals surface area contributed by atoms with Crippen LogP contribution in [0.1, 0.15) is 18.9 Å². The lowest BCUT2D eigenvalue weighted by Crippen LogP contribution is -2.44. The first kappa shape index (κ1) is 19.3. The Morgan fingerprint density at radius 1 is 1.37 bits per heavy atom. The van der Waals surface area contributed by atoms with Crippen LogP contribution in [0.3, 0.4) is 0 Å². The molecule has 2 aliphatic heterocycles. The zero-order valence-corrected chi connectivity index (χ0v) is 15.8. The maximum Gasteiger partial charge on any atom is 0.410 e. The van der Waals surface area contributed by atoms with E-state index in [9.17, 15) is 19.7 Å². The maximum absolute atomic E-state index is 12.5. The van der Waals surface area contributed by atoms with Crippen LogP contribution < -0.4 is 5.32 Å². The number of nitrogens with zero attached hydrogens (tertiary/aromatic N) is 3. The number of amides is 3. The Kier molecular flexibility index (Phi) is 5.73. The van der Waals surface area contributed by atoms with Crippen molar-refractivity contribution in [2.75, 3.05) is 19.6 Å². The first-order valence-electron chi connectivity index (χ1n) is 8.73. The average molecular weight is 394 g/mol. The van der Waals surface area contributed by atoms with Gasteiger partial charge in [0.1, 0.15) is 6.61 Å². The summed E-state index contributed by atoms with van der Waals surface area (Å²) in [7, 11) is 0. The minimum Gasteiger partial charge on any atom is -0.445 e. The number of ether oxygens (including phenoxy) is 1. The van der Waals surface area contributed by atoms with E-state index in [1.807, 2.05) is 6.92 Å². The summed E-state index contributed by atoms with van der Waals surface area (Å²) in [5.41, 5.74) is 0.653. The number of urea groups is 1. The van der Waals surface area contributed by atoms with Gasteiger partial charge in [0.15, 0.2) is 0 Å². The fraction of sp³-hybridized carbons (Fsp3) is 0.529. The Bertz CT molecular complexity index is 729. The van der Waals surface area contributed by atoms with E-state index < -0.39 is 11.0 Å². The molecule has 0 saturated carbocycles.